The van der Waals surface area contributed by atoms with E-state index in [2.05, 4.69) is 9.88 Å². The Morgan fingerprint density at radius 1 is 1.61 bits per heavy atom. The second kappa shape index (κ2) is 4.99. The third kappa shape index (κ3) is 2.30. The van der Waals surface area contributed by atoms with E-state index in [-0.39, 0.29) is 6.10 Å². The van der Waals surface area contributed by atoms with Gasteiger partial charge >= 0.3 is 0 Å². The van der Waals surface area contributed by atoms with Gasteiger partial charge < -0.3 is 14.4 Å². The van der Waals surface area contributed by atoms with Gasteiger partial charge in [-0.15, -0.1) is 0 Å². The van der Waals surface area contributed by atoms with Crippen LogP contribution in [0.2, 0.25) is 0 Å². The molecule has 3 atom stereocenters. The first-order valence-electron chi connectivity index (χ1n) is 6.74. The molecule has 0 saturated carbocycles. The van der Waals surface area contributed by atoms with Crippen molar-refractivity contribution in [3.8, 4) is 0 Å². The van der Waals surface area contributed by atoms with E-state index >= 15 is 0 Å². The Bertz CT molecular complexity index is 407. The zero-order valence-corrected chi connectivity index (χ0v) is 10.8. The predicted molar refractivity (Wildman–Crippen MR) is 67.3 cm³/mol. The third-order valence-electron chi connectivity index (χ3n) is 4.16. The number of rotatable bonds is 3. The van der Waals surface area contributed by atoms with Crippen LogP contribution >= 0.6 is 0 Å². The summed E-state index contributed by atoms with van der Waals surface area (Å²) in [5, 5.41) is 10.3. The average Bonchev–Trinajstić information content (AvgIpc) is 2.98. The van der Waals surface area contributed by atoms with Crippen molar-refractivity contribution >= 4 is 0 Å². The van der Waals surface area contributed by atoms with E-state index in [0.29, 0.717) is 12.5 Å². The van der Waals surface area contributed by atoms with Gasteiger partial charge in [0.25, 0.3) is 0 Å². The maximum Gasteiger partial charge on any atom is 0.111 e. The molecule has 0 spiro atoms. The molecule has 100 valence electrons. The second-order valence-corrected chi connectivity index (χ2v) is 5.39. The highest BCUT2D eigenvalue weighted by atomic mass is 16.5. The Kier molecular flexibility index (Phi) is 3.37. The smallest absolute Gasteiger partial charge is 0.111 e. The molecule has 3 unspecified atom stereocenters. The van der Waals surface area contributed by atoms with Crippen molar-refractivity contribution in [3.05, 3.63) is 18.2 Å². The van der Waals surface area contributed by atoms with Gasteiger partial charge in [-0.25, -0.2) is 4.98 Å². The Labute approximate surface area is 107 Å². The number of fused-ring (bicyclic) bond motifs is 1. The lowest BCUT2D eigenvalue weighted by Gasteiger charge is -2.37. The molecule has 2 aliphatic rings. The van der Waals surface area contributed by atoms with Gasteiger partial charge in [-0.3, -0.25) is 4.90 Å². The number of aliphatic hydroxyl groups excluding tert-OH is 1. The molecule has 2 fully saturated rings. The summed E-state index contributed by atoms with van der Waals surface area (Å²) in [7, 11) is 1.95. The first-order valence-corrected chi connectivity index (χ1v) is 6.74. The third-order valence-corrected chi connectivity index (χ3v) is 4.16. The largest absolute Gasteiger partial charge is 0.390 e. The minimum atomic E-state index is -0.465. The molecule has 2 aliphatic heterocycles. The van der Waals surface area contributed by atoms with Crippen LogP contribution in [0.15, 0.2) is 12.4 Å². The van der Waals surface area contributed by atoms with Gasteiger partial charge in [0.15, 0.2) is 0 Å². The molecular formula is C13H21N3O2. The quantitative estimate of drug-likeness (QED) is 0.833. The number of ether oxygens (including phenoxy) is 1. The van der Waals surface area contributed by atoms with Crippen LogP contribution in [0.4, 0.5) is 0 Å². The molecule has 1 N–H and O–H groups in total. The highest BCUT2D eigenvalue weighted by molar-refractivity contribution is 4.96. The lowest BCUT2D eigenvalue weighted by atomic mass is 10.1. The minimum Gasteiger partial charge on any atom is -0.390 e. The maximum atomic E-state index is 10.3. The molecule has 0 amide bonds. The van der Waals surface area contributed by atoms with Crippen LogP contribution in [0.3, 0.4) is 0 Å². The van der Waals surface area contributed by atoms with Gasteiger partial charge in [0.1, 0.15) is 5.82 Å². The van der Waals surface area contributed by atoms with Crippen LogP contribution in [-0.4, -0.2) is 57.5 Å². The Morgan fingerprint density at radius 3 is 3.28 bits per heavy atom. The number of aromatic nitrogens is 2. The fourth-order valence-corrected chi connectivity index (χ4v) is 2.99. The minimum absolute atomic E-state index is 0.0731. The van der Waals surface area contributed by atoms with Gasteiger partial charge in [-0.1, -0.05) is 0 Å². The van der Waals surface area contributed by atoms with E-state index in [1.165, 1.54) is 12.8 Å². The standard InChI is InChI=1S/C13H21N3O2/c1-15-6-4-14-13(15)7-11(17)12-8-16-5-2-3-10(16)9-18-12/h4,6,10-12,17H,2-3,5,7-9H2,1H3. The van der Waals surface area contributed by atoms with Crippen LogP contribution in [0.1, 0.15) is 18.7 Å². The van der Waals surface area contributed by atoms with Crippen molar-refractivity contribution in [2.45, 2.75) is 37.5 Å². The second-order valence-electron chi connectivity index (χ2n) is 5.39. The molecule has 0 aromatic carbocycles. The topological polar surface area (TPSA) is 50.5 Å². The zero-order chi connectivity index (χ0) is 12.5. The van der Waals surface area contributed by atoms with E-state index in [1.54, 1.807) is 6.20 Å². The van der Waals surface area contributed by atoms with Crippen LogP contribution in [-0.2, 0) is 18.2 Å². The number of morpholine rings is 1. The number of hydrogen-bond donors (Lipinski definition) is 1. The molecule has 0 radical (unpaired) electrons. The van der Waals surface area contributed by atoms with Crippen molar-refractivity contribution in [1.82, 2.24) is 14.5 Å². The van der Waals surface area contributed by atoms with E-state index < -0.39 is 6.10 Å². The lowest BCUT2D eigenvalue weighted by molar-refractivity contribution is -0.102. The van der Waals surface area contributed by atoms with Crippen LogP contribution in [0, 0.1) is 0 Å². The summed E-state index contributed by atoms with van der Waals surface area (Å²) in [5.41, 5.74) is 0. The predicted octanol–water partition coefficient (Wildman–Crippen LogP) is 0.187. The molecule has 1 aromatic heterocycles. The zero-order valence-electron chi connectivity index (χ0n) is 10.8. The Balaban J connectivity index is 1.59. The normalized spacial score (nSPS) is 30.3. The number of nitrogens with zero attached hydrogens (tertiary/aromatic N) is 3. The average molecular weight is 251 g/mol. The van der Waals surface area contributed by atoms with Gasteiger partial charge in [-0.05, 0) is 19.4 Å². The molecule has 3 rings (SSSR count). The van der Waals surface area contributed by atoms with Gasteiger partial charge in [-0.2, -0.15) is 0 Å². The van der Waals surface area contributed by atoms with Crippen LogP contribution in [0.5, 0.6) is 0 Å². The molecule has 0 aliphatic carbocycles. The molecule has 3 heterocycles. The van der Waals surface area contributed by atoms with Crippen molar-refractivity contribution in [1.29, 1.82) is 0 Å². The fraction of sp³-hybridized carbons (Fsp3) is 0.769. The SMILES string of the molecule is Cn1ccnc1CC(O)C1CN2CCCC2CO1. The summed E-state index contributed by atoms with van der Waals surface area (Å²) < 4.78 is 7.76. The van der Waals surface area contributed by atoms with E-state index in [9.17, 15) is 5.11 Å². The summed E-state index contributed by atoms with van der Waals surface area (Å²) in [6, 6.07) is 0.585. The molecule has 2 saturated heterocycles. The number of imidazole rings is 1. The summed E-state index contributed by atoms with van der Waals surface area (Å²) >= 11 is 0. The fourth-order valence-electron chi connectivity index (χ4n) is 2.99. The molecule has 5 nitrogen and oxygen atoms in total. The van der Waals surface area contributed by atoms with Crippen molar-refractivity contribution in [3.63, 3.8) is 0 Å². The highest BCUT2D eigenvalue weighted by Crippen LogP contribution is 2.24. The van der Waals surface area contributed by atoms with E-state index in [1.807, 2.05) is 17.8 Å². The first-order chi connectivity index (χ1) is 8.74. The van der Waals surface area contributed by atoms with Crippen LogP contribution in [0.25, 0.3) is 0 Å². The van der Waals surface area contributed by atoms with Crippen molar-refractivity contribution < 1.29 is 9.84 Å². The summed E-state index contributed by atoms with van der Waals surface area (Å²) in [6.07, 6.45) is 6.19. The van der Waals surface area contributed by atoms with Crippen molar-refractivity contribution in [2.75, 3.05) is 19.7 Å². The van der Waals surface area contributed by atoms with Crippen LogP contribution < -0.4 is 0 Å². The van der Waals surface area contributed by atoms with E-state index in [4.69, 9.17) is 4.74 Å². The summed E-state index contributed by atoms with van der Waals surface area (Å²) in [5.74, 6) is 0.912. The number of hydrogen-bond acceptors (Lipinski definition) is 4. The number of aliphatic hydroxyl groups is 1. The highest BCUT2D eigenvalue weighted by Gasteiger charge is 2.35. The van der Waals surface area contributed by atoms with Gasteiger partial charge in [0.2, 0.25) is 0 Å². The molecule has 18 heavy (non-hydrogen) atoms. The van der Waals surface area contributed by atoms with Crippen molar-refractivity contribution in [2.24, 2.45) is 7.05 Å². The number of aryl methyl sites for hydroxylation is 1. The van der Waals surface area contributed by atoms with Gasteiger partial charge in [0, 0.05) is 38.4 Å². The first kappa shape index (κ1) is 12.1. The molecular weight excluding hydrogens is 230 g/mol. The van der Waals surface area contributed by atoms with E-state index in [0.717, 1.165) is 25.5 Å². The Morgan fingerprint density at radius 2 is 2.50 bits per heavy atom. The summed E-state index contributed by atoms with van der Waals surface area (Å²) in [6.45, 7) is 2.78. The molecule has 0 bridgehead atoms. The summed E-state index contributed by atoms with van der Waals surface area (Å²) in [4.78, 5) is 6.71. The molecule has 1 aromatic rings. The lowest BCUT2D eigenvalue weighted by Crippen LogP contribution is -2.51. The maximum absolute atomic E-state index is 10.3. The van der Waals surface area contributed by atoms with Gasteiger partial charge in [0.05, 0.1) is 18.8 Å². The Hall–Kier alpha value is -0.910. The monoisotopic (exact) mass is 251 g/mol. The molecule has 5 heteroatoms.